The van der Waals surface area contributed by atoms with Crippen LogP contribution in [0.4, 0.5) is 0 Å². The van der Waals surface area contributed by atoms with Crippen LogP contribution in [0.2, 0.25) is 0 Å². The Morgan fingerprint density at radius 2 is 1.79 bits per heavy atom. The van der Waals surface area contributed by atoms with E-state index in [9.17, 15) is 0 Å². The first-order valence-electron chi connectivity index (χ1n) is 6.87. The van der Waals surface area contributed by atoms with Gasteiger partial charge < -0.3 is 4.74 Å². The van der Waals surface area contributed by atoms with E-state index in [1.165, 1.54) is 5.56 Å². The van der Waals surface area contributed by atoms with Gasteiger partial charge in [-0.05, 0) is 45.4 Å². The van der Waals surface area contributed by atoms with E-state index >= 15 is 0 Å². The van der Waals surface area contributed by atoms with Gasteiger partial charge in [-0.2, -0.15) is 5.26 Å². The second kappa shape index (κ2) is 7.93. The van der Waals surface area contributed by atoms with Crippen LogP contribution in [0.25, 0.3) is 0 Å². The summed E-state index contributed by atoms with van der Waals surface area (Å²) in [7, 11) is 0. The molecule has 0 amide bonds. The third-order valence-corrected chi connectivity index (χ3v) is 3.03. The number of hydrogen-bond acceptors (Lipinski definition) is 3. The molecule has 0 spiro atoms. The highest BCUT2D eigenvalue weighted by molar-refractivity contribution is 5.31. The minimum atomic E-state index is 0.281. The van der Waals surface area contributed by atoms with E-state index in [1.54, 1.807) is 0 Å². The molecule has 0 fully saturated rings. The van der Waals surface area contributed by atoms with Crippen LogP contribution in [0.3, 0.4) is 0 Å². The van der Waals surface area contributed by atoms with Crippen molar-refractivity contribution in [2.75, 3.05) is 13.2 Å². The summed E-state index contributed by atoms with van der Waals surface area (Å²) >= 11 is 0. The molecule has 3 nitrogen and oxygen atoms in total. The normalized spacial score (nSPS) is 11.3. The lowest BCUT2D eigenvalue weighted by Gasteiger charge is -2.26. The number of nitrogens with zero attached hydrogens (tertiary/aromatic N) is 2. The molecule has 0 radical (unpaired) electrons. The van der Waals surface area contributed by atoms with Crippen LogP contribution < -0.4 is 0 Å². The van der Waals surface area contributed by atoms with Crippen molar-refractivity contribution < 1.29 is 4.74 Å². The molecule has 0 aliphatic carbocycles. The molecule has 1 rings (SSSR count). The van der Waals surface area contributed by atoms with E-state index in [4.69, 9.17) is 10.00 Å². The Hall–Kier alpha value is -1.37. The van der Waals surface area contributed by atoms with Gasteiger partial charge in [-0.3, -0.25) is 4.90 Å². The van der Waals surface area contributed by atoms with Gasteiger partial charge in [-0.15, -0.1) is 0 Å². The van der Waals surface area contributed by atoms with Crippen molar-refractivity contribution in [1.82, 2.24) is 4.90 Å². The molecular formula is C16H24N2O. The number of rotatable bonds is 7. The van der Waals surface area contributed by atoms with E-state index < -0.39 is 0 Å². The van der Waals surface area contributed by atoms with E-state index in [-0.39, 0.29) is 6.10 Å². The number of hydrogen-bond donors (Lipinski definition) is 0. The van der Waals surface area contributed by atoms with Crippen LogP contribution in [0.1, 0.15) is 38.8 Å². The molecule has 1 aromatic carbocycles. The standard InChI is InChI=1S/C16H24N2O/c1-13(2)18(9-10-19-14(3)4)12-16-7-5-15(11-17)6-8-16/h5-8,13-14H,9-10,12H2,1-4H3. The Morgan fingerprint density at radius 1 is 1.16 bits per heavy atom. The fraction of sp³-hybridized carbons (Fsp3) is 0.562. The lowest BCUT2D eigenvalue weighted by Crippen LogP contribution is -2.33. The Labute approximate surface area is 116 Å². The minimum Gasteiger partial charge on any atom is -0.377 e. The molecule has 0 saturated heterocycles. The maximum absolute atomic E-state index is 8.79. The summed E-state index contributed by atoms with van der Waals surface area (Å²) in [4.78, 5) is 2.38. The average Bonchev–Trinajstić information content (AvgIpc) is 2.37. The maximum atomic E-state index is 8.79. The van der Waals surface area contributed by atoms with Crippen molar-refractivity contribution in [3.63, 3.8) is 0 Å². The first kappa shape index (κ1) is 15.7. The number of ether oxygens (including phenoxy) is 1. The predicted octanol–water partition coefficient (Wildman–Crippen LogP) is 3.19. The van der Waals surface area contributed by atoms with Gasteiger partial charge in [-0.1, -0.05) is 12.1 Å². The van der Waals surface area contributed by atoms with Crippen molar-refractivity contribution in [3.05, 3.63) is 35.4 Å². The topological polar surface area (TPSA) is 36.3 Å². The van der Waals surface area contributed by atoms with Crippen LogP contribution in [0.15, 0.2) is 24.3 Å². The van der Waals surface area contributed by atoms with Gasteiger partial charge in [0.1, 0.15) is 0 Å². The van der Waals surface area contributed by atoms with E-state index in [0.29, 0.717) is 11.6 Å². The molecule has 0 bridgehead atoms. The quantitative estimate of drug-likeness (QED) is 0.755. The lowest BCUT2D eigenvalue weighted by molar-refractivity contribution is 0.0502. The largest absolute Gasteiger partial charge is 0.377 e. The van der Waals surface area contributed by atoms with Crippen LogP contribution >= 0.6 is 0 Å². The molecular weight excluding hydrogens is 236 g/mol. The van der Waals surface area contributed by atoms with E-state index in [0.717, 1.165) is 19.7 Å². The first-order valence-corrected chi connectivity index (χ1v) is 6.87. The van der Waals surface area contributed by atoms with Gasteiger partial charge in [0.2, 0.25) is 0 Å². The van der Waals surface area contributed by atoms with Crippen molar-refractivity contribution >= 4 is 0 Å². The zero-order valence-electron chi connectivity index (χ0n) is 12.4. The fourth-order valence-electron chi connectivity index (χ4n) is 1.84. The van der Waals surface area contributed by atoms with Gasteiger partial charge in [0.05, 0.1) is 24.3 Å². The molecule has 0 unspecified atom stereocenters. The molecule has 1 aromatic rings. The summed E-state index contributed by atoms with van der Waals surface area (Å²) in [5, 5.41) is 8.79. The molecule has 0 atom stereocenters. The molecule has 0 aliphatic rings. The van der Waals surface area contributed by atoms with Crippen LogP contribution in [-0.2, 0) is 11.3 Å². The summed E-state index contributed by atoms with van der Waals surface area (Å²) in [6.07, 6.45) is 0.281. The number of benzene rings is 1. The Balaban J connectivity index is 2.54. The van der Waals surface area contributed by atoms with Crippen LogP contribution in [-0.4, -0.2) is 30.2 Å². The summed E-state index contributed by atoms with van der Waals surface area (Å²) in [5.74, 6) is 0. The molecule has 19 heavy (non-hydrogen) atoms. The van der Waals surface area contributed by atoms with Crippen LogP contribution in [0, 0.1) is 11.3 Å². The van der Waals surface area contributed by atoms with Crippen molar-refractivity contribution in [3.8, 4) is 6.07 Å². The minimum absolute atomic E-state index is 0.281. The van der Waals surface area contributed by atoms with Gasteiger partial charge in [0.25, 0.3) is 0 Å². The van der Waals surface area contributed by atoms with Gasteiger partial charge in [-0.25, -0.2) is 0 Å². The highest BCUT2D eigenvalue weighted by atomic mass is 16.5. The zero-order chi connectivity index (χ0) is 14.3. The lowest BCUT2D eigenvalue weighted by atomic mass is 10.1. The smallest absolute Gasteiger partial charge is 0.0991 e. The average molecular weight is 260 g/mol. The van der Waals surface area contributed by atoms with Gasteiger partial charge in [0.15, 0.2) is 0 Å². The molecule has 0 aromatic heterocycles. The second-order valence-corrected chi connectivity index (χ2v) is 5.29. The second-order valence-electron chi connectivity index (χ2n) is 5.29. The summed E-state index contributed by atoms with van der Waals surface area (Å²) in [5.41, 5.74) is 1.94. The Kier molecular flexibility index (Phi) is 6.55. The predicted molar refractivity (Wildman–Crippen MR) is 77.8 cm³/mol. The molecule has 0 heterocycles. The van der Waals surface area contributed by atoms with Crippen LogP contribution in [0.5, 0.6) is 0 Å². The molecule has 3 heteroatoms. The zero-order valence-corrected chi connectivity index (χ0v) is 12.4. The molecule has 0 aliphatic heterocycles. The SMILES string of the molecule is CC(C)OCCN(Cc1ccc(C#N)cc1)C(C)C. The molecule has 0 saturated carbocycles. The van der Waals surface area contributed by atoms with Gasteiger partial charge >= 0.3 is 0 Å². The van der Waals surface area contributed by atoms with E-state index in [1.807, 2.05) is 24.3 Å². The van der Waals surface area contributed by atoms with Crippen molar-refractivity contribution in [2.45, 2.75) is 46.4 Å². The summed E-state index contributed by atoms with van der Waals surface area (Å²) in [6, 6.07) is 10.4. The van der Waals surface area contributed by atoms with Crippen molar-refractivity contribution in [1.29, 1.82) is 5.26 Å². The maximum Gasteiger partial charge on any atom is 0.0991 e. The third kappa shape index (κ3) is 5.87. The highest BCUT2D eigenvalue weighted by Crippen LogP contribution is 2.09. The third-order valence-electron chi connectivity index (χ3n) is 3.03. The highest BCUT2D eigenvalue weighted by Gasteiger charge is 2.10. The molecule has 104 valence electrons. The fourth-order valence-corrected chi connectivity index (χ4v) is 1.84. The first-order chi connectivity index (χ1) is 9.02. The number of nitriles is 1. The summed E-state index contributed by atoms with van der Waals surface area (Å²) < 4.78 is 5.61. The van der Waals surface area contributed by atoms with Crippen molar-refractivity contribution in [2.24, 2.45) is 0 Å². The Morgan fingerprint density at radius 3 is 2.26 bits per heavy atom. The van der Waals surface area contributed by atoms with Gasteiger partial charge in [0, 0.05) is 19.1 Å². The summed E-state index contributed by atoms with van der Waals surface area (Å²) in [6.45, 7) is 11.1. The molecule has 0 N–H and O–H groups in total. The Bertz CT molecular complexity index is 404. The monoisotopic (exact) mass is 260 g/mol. The van der Waals surface area contributed by atoms with E-state index in [2.05, 4.69) is 38.7 Å².